The fraction of sp³-hybridized carbons (Fsp3) is 0.125. The van der Waals surface area contributed by atoms with Gasteiger partial charge < -0.3 is 5.73 Å². The summed E-state index contributed by atoms with van der Waals surface area (Å²) in [5.41, 5.74) is 6.38. The van der Waals surface area contributed by atoms with E-state index in [2.05, 4.69) is 6.92 Å². The Morgan fingerprint density at radius 1 is 1.50 bits per heavy atom. The zero-order valence-corrected chi connectivity index (χ0v) is 5.60. The highest BCUT2D eigenvalue weighted by Gasteiger charge is 1.97. The smallest absolute Gasteiger partial charge is 0.128 e. The van der Waals surface area contributed by atoms with Crippen LogP contribution in [0.4, 0.5) is 10.1 Å². The average molecular weight is 138 g/mol. The maximum Gasteiger partial charge on any atom is 0.128 e. The fourth-order valence-corrected chi connectivity index (χ4v) is 0.766. The Balaban J connectivity index is 3.07. The summed E-state index contributed by atoms with van der Waals surface area (Å²) in [5, 5.41) is 0. The molecule has 0 bridgehead atoms. The van der Waals surface area contributed by atoms with Gasteiger partial charge in [0.1, 0.15) is 5.82 Å². The van der Waals surface area contributed by atoms with Gasteiger partial charge in [-0.3, -0.25) is 0 Å². The largest absolute Gasteiger partial charge is 0.399 e. The van der Waals surface area contributed by atoms with Gasteiger partial charge in [0, 0.05) is 5.69 Å². The van der Waals surface area contributed by atoms with Crippen molar-refractivity contribution in [1.82, 2.24) is 0 Å². The average Bonchev–Trinajstić information content (AvgIpc) is 1.88. The second kappa shape index (κ2) is 2.69. The van der Waals surface area contributed by atoms with Crippen molar-refractivity contribution in [1.29, 1.82) is 0 Å². The number of nitrogen functional groups attached to an aromatic ring is 1. The Hall–Kier alpha value is -1.05. The van der Waals surface area contributed by atoms with E-state index in [0.29, 0.717) is 17.7 Å². The first-order valence-electron chi connectivity index (χ1n) is 3.07. The van der Waals surface area contributed by atoms with Crippen LogP contribution in [0.1, 0.15) is 5.56 Å². The van der Waals surface area contributed by atoms with Crippen molar-refractivity contribution in [3.63, 3.8) is 0 Å². The maximum absolute atomic E-state index is 12.7. The van der Waals surface area contributed by atoms with Crippen LogP contribution in [0, 0.1) is 12.7 Å². The van der Waals surface area contributed by atoms with Crippen LogP contribution in [-0.4, -0.2) is 0 Å². The Labute approximate surface area is 59.7 Å². The predicted octanol–water partition coefficient (Wildman–Crippen LogP) is 1.78. The molecule has 0 aliphatic rings. The van der Waals surface area contributed by atoms with Crippen molar-refractivity contribution in [3.05, 3.63) is 36.5 Å². The first-order valence-corrected chi connectivity index (χ1v) is 3.07. The van der Waals surface area contributed by atoms with Gasteiger partial charge in [0.2, 0.25) is 0 Å². The molecule has 53 valence electrons. The Morgan fingerprint density at radius 3 is 2.70 bits per heavy atom. The molecule has 0 saturated heterocycles. The standard InChI is InChI=1S/C8H9FN/c1-2-6-3-4-7(10)5-8(6)9/h3-5H,1-2,10H2. The molecule has 0 heterocycles. The summed E-state index contributed by atoms with van der Waals surface area (Å²) >= 11 is 0. The first kappa shape index (κ1) is 7.06. The third kappa shape index (κ3) is 1.26. The molecule has 2 N–H and O–H groups in total. The Kier molecular flexibility index (Phi) is 1.90. The van der Waals surface area contributed by atoms with E-state index in [-0.39, 0.29) is 5.82 Å². The summed E-state index contributed by atoms with van der Waals surface area (Å²) < 4.78 is 12.7. The Bertz CT molecular complexity index is 233. The highest BCUT2D eigenvalue weighted by Crippen LogP contribution is 2.11. The van der Waals surface area contributed by atoms with E-state index in [1.807, 2.05) is 0 Å². The van der Waals surface area contributed by atoms with Crippen LogP contribution in [0.3, 0.4) is 0 Å². The summed E-state index contributed by atoms with van der Waals surface area (Å²) in [6.45, 7) is 3.57. The summed E-state index contributed by atoms with van der Waals surface area (Å²) in [6, 6.07) is 4.63. The number of halogens is 1. The van der Waals surface area contributed by atoms with E-state index >= 15 is 0 Å². The van der Waals surface area contributed by atoms with Crippen molar-refractivity contribution in [2.45, 2.75) is 6.42 Å². The second-order valence-electron chi connectivity index (χ2n) is 2.10. The summed E-state index contributed by atoms with van der Waals surface area (Å²) in [5.74, 6) is -0.269. The SMILES string of the molecule is [CH2]Cc1ccc(N)cc1F. The number of nitrogens with two attached hydrogens (primary N) is 1. The van der Waals surface area contributed by atoms with Gasteiger partial charge in [-0.25, -0.2) is 4.39 Å². The molecule has 0 saturated carbocycles. The third-order valence-corrected chi connectivity index (χ3v) is 1.35. The van der Waals surface area contributed by atoms with E-state index in [1.165, 1.54) is 6.07 Å². The maximum atomic E-state index is 12.7. The van der Waals surface area contributed by atoms with Crippen LogP contribution in [0.5, 0.6) is 0 Å². The Morgan fingerprint density at radius 2 is 2.20 bits per heavy atom. The van der Waals surface area contributed by atoms with Crippen LogP contribution >= 0.6 is 0 Å². The number of benzene rings is 1. The number of anilines is 1. The van der Waals surface area contributed by atoms with E-state index < -0.39 is 0 Å². The number of rotatable bonds is 1. The molecule has 1 rings (SSSR count). The topological polar surface area (TPSA) is 26.0 Å². The van der Waals surface area contributed by atoms with Crippen molar-refractivity contribution >= 4 is 5.69 Å². The minimum Gasteiger partial charge on any atom is -0.399 e. The molecule has 1 radical (unpaired) electrons. The molecular formula is C8H9FN. The van der Waals surface area contributed by atoms with Gasteiger partial charge in [0.05, 0.1) is 0 Å². The van der Waals surface area contributed by atoms with E-state index in [4.69, 9.17) is 5.73 Å². The van der Waals surface area contributed by atoms with Crippen molar-refractivity contribution in [2.24, 2.45) is 0 Å². The lowest BCUT2D eigenvalue weighted by Crippen LogP contribution is -1.90. The van der Waals surface area contributed by atoms with Crippen LogP contribution < -0.4 is 5.73 Å². The zero-order valence-electron chi connectivity index (χ0n) is 5.60. The summed E-state index contributed by atoms with van der Waals surface area (Å²) in [7, 11) is 0. The summed E-state index contributed by atoms with van der Waals surface area (Å²) in [4.78, 5) is 0. The van der Waals surface area contributed by atoms with Gasteiger partial charge in [-0.05, 0) is 31.0 Å². The molecule has 0 spiro atoms. The highest BCUT2D eigenvalue weighted by molar-refractivity contribution is 5.40. The van der Waals surface area contributed by atoms with Gasteiger partial charge in [-0.1, -0.05) is 6.07 Å². The molecule has 0 amide bonds. The van der Waals surface area contributed by atoms with Crippen LogP contribution in [0.2, 0.25) is 0 Å². The van der Waals surface area contributed by atoms with Crippen LogP contribution in [0.15, 0.2) is 18.2 Å². The number of hydrogen-bond donors (Lipinski definition) is 1. The van der Waals surface area contributed by atoms with Gasteiger partial charge >= 0.3 is 0 Å². The van der Waals surface area contributed by atoms with Crippen molar-refractivity contribution < 1.29 is 4.39 Å². The monoisotopic (exact) mass is 138 g/mol. The third-order valence-electron chi connectivity index (χ3n) is 1.35. The molecule has 0 aliphatic heterocycles. The van der Waals surface area contributed by atoms with Gasteiger partial charge in [-0.2, -0.15) is 0 Å². The molecule has 2 heteroatoms. The van der Waals surface area contributed by atoms with E-state index in [1.54, 1.807) is 12.1 Å². The van der Waals surface area contributed by atoms with E-state index in [0.717, 1.165) is 0 Å². The predicted molar refractivity (Wildman–Crippen MR) is 39.9 cm³/mol. The van der Waals surface area contributed by atoms with E-state index in [9.17, 15) is 4.39 Å². The van der Waals surface area contributed by atoms with Crippen molar-refractivity contribution in [2.75, 3.05) is 5.73 Å². The molecular weight excluding hydrogens is 129 g/mol. The molecule has 0 fully saturated rings. The quantitative estimate of drug-likeness (QED) is 0.588. The normalized spacial score (nSPS) is 9.80. The van der Waals surface area contributed by atoms with Gasteiger partial charge in [-0.15, -0.1) is 0 Å². The molecule has 0 atom stereocenters. The highest BCUT2D eigenvalue weighted by atomic mass is 19.1. The zero-order chi connectivity index (χ0) is 7.56. The lowest BCUT2D eigenvalue weighted by atomic mass is 10.1. The van der Waals surface area contributed by atoms with Crippen LogP contribution in [0.25, 0.3) is 0 Å². The lowest BCUT2D eigenvalue weighted by Gasteiger charge is -1.98. The fourth-order valence-electron chi connectivity index (χ4n) is 0.766. The van der Waals surface area contributed by atoms with Crippen molar-refractivity contribution in [3.8, 4) is 0 Å². The molecule has 0 aromatic heterocycles. The lowest BCUT2D eigenvalue weighted by molar-refractivity contribution is 0.615. The van der Waals surface area contributed by atoms with Gasteiger partial charge in [0.15, 0.2) is 0 Å². The number of hydrogen-bond acceptors (Lipinski definition) is 1. The molecule has 1 aromatic rings. The molecule has 0 unspecified atom stereocenters. The molecule has 10 heavy (non-hydrogen) atoms. The van der Waals surface area contributed by atoms with Crippen LogP contribution in [-0.2, 0) is 6.42 Å². The molecule has 1 aromatic carbocycles. The molecule has 0 aliphatic carbocycles. The second-order valence-corrected chi connectivity index (χ2v) is 2.10. The van der Waals surface area contributed by atoms with Gasteiger partial charge in [0.25, 0.3) is 0 Å². The molecule has 1 nitrogen and oxygen atoms in total. The minimum absolute atomic E-state index is 0.269. The first-order chi connectivity index (χ1) is 4.74. The minimum atomic E-state index is -0.269. The summed E-state index contributed by atoms with van der Waals surface area (Å²) in [6.07, 6.45) is 0.464.